The van der Waals surface area contributed by atoms with Gasteiger partial charge >= 0.3 is 0 Å². The molecule has 0 radical (unpaired) electrons. The quantitative estimate of drug-likeness (QED) is 0.750. The molecule has 0 saturated carbocycles. The van der Waals surface area contributed by atoms with E-state index in [4.69, 9.17) is 5.73 Å². The number of likely N-dealkylation sites (tertiary alicyclic amines) is 1. The first-order valence-corrected chi connectivity index (χ1v) is 7.26. The summed E-state index contributed by atoms with van der Waals surface area (Å²) in [5, 5.41) is 3.01. The summed E-state index contributed by atoms with van der Waals surface area (Å²) >= 11 is 0. The SMILES string of the molecule is CC(CNC(=O)C(C)C(C)N)CN1CCCCC1. The maximum absolute atomic E-state index is 11.8. The van der Waals surface area contributed by atoms with Crippen LogP contribution in [0.15, 0.2) is 0 Å². The molecule has 0 bridgehead atoms. The highest BCUT2D eigenvalue weighted by Crippen LogP contribution is 2.10. The molecule has 4 heteroatoms. The second kappa shape index (κ2) is 7.74. The third kappa shape index (κ3) is 5.36. The summed E-state index contributed by atoms with van der Waals surface area (Å²) in [5.74, 6) is 0.481. The third-order valence-corrected chi connectivity index (χ3v) is 3.85. The Bertz CT molecular complexity index is 249. The van der Waals surface area contributed by atoms with Crippen molar-refractivity contribution >= 4 is 5.91 Å². The monoisotopic (exact) mass is 255 g/mol. The summed E-state index contributed by atoms with van der Waals surface area (Å²) in [4.78, 5) is 14.3. The van der Waals surface area contributed by atoms with Crippen molar-refractivity contribution in [2.45, 2.75) is 46.1 Å². The van der Waals surface area contributed by atoms with Crippen LogP contribution in [0.2, 0.25) is 0 Å². The van der Waals surface area contributed by atoms with Crippen LogP contribution in [-0.4, -0.2) is 43.0 Å². The predicted octanol–water partition coefficient (Wildman–Crippen LogP) is 1.21. The van der Waals surface area contributed by atoms with Gasteiger partial charge in [-0.3, -0.25) is 4.79 Å². The number of rotatable bonds is 6. The van der Waals surface area contributed by atoms with Gasteiger partial charge in [-0.25, -0.2) is 0 Å². The highest BCUT2D eigenvalue weighted by Gasteiger charge is 2.18. The molecule has 0 aliphatic carbocycles. The number of hydrogen-bond donors (Lipinski definition) is 2. The average molecular weight is 255 g/mol. The predicted molar refractivity (Wildman–Crippen MR) is 75.3 cm³/mol. The molecule has 3 unspecified atom stereocenters. The number of piperidine rings is 1. The highest BCUT2D eigenvalue weighted by atomic mass is 16.1. The largest absolute Gasteiger partial charge is 0.356 e. The standard InChI is InChI=1S/C14H29N3O/c1-11(10-17-7-5-4-6-8-17)9-16-14(18)12(2)13(3)15/h11-13H,4-10,15H2,1-3H3,(H,16,18). The first-order valence-electron chi connectivity index (χ1n) is 7.26. The fourth-order valence-corrected chi connectivity index (χ4v) is 2.32. The zero-order valence-corrected chi connectivity index (χ0v) is 12.1. The molecule has 0 aromatic carbocycles. The summed E-state index contributed by atoms with van der Waals surface area (Å²) in [7, 11) is 0. The van der Waals surface area contributed by atoms with Crippen LogP contribution in [0, 0.1) is 11.8 Å². The van der Waals surface area contributed by atoms with Gasteiger partial charge < -0.3 is 16.0 Å². The van der Waals surface area contributed by atoms with Crippen molar-refractivity contribution < 1.29 is 4.79 Å². The smallest absolute Gasteiger partial charge is 0.224 e. The van der Waals surface area contributed by atoms with Gasteiger partial charge in [0.25, 0.3) is 0 Å². The molecule has 1 fully saturated rings. The lowest BCUT2D eigenvalue weighted by molar-refractivity contribution is -0.125. The molecular formula is C14H29N3O. The second-order valence-electron chi connectivity index (χ2n) is 5.86. The zero-order valence-electron chi connectivity index (χ0n) is 12.1. The van der Waals surface area contributed by atoms with E-state index >= 15 is 0 Å². The number of nitrogens with zero attached hydrogens (tertiary/aromatic N) is 1. The Labute approximate surface area is 111 Å². The number of amides is 1. The molecule has 3 N–H and O–H groups in total. The molecule has 0 aromatic rings. The van der Waals surface area contributed by atoms with E-state index in [2.05, 4.69) is 17.1 Å². The van der Waals surface area contributed by atoms with Gasteiger partial charge in [0.05, 0.1) is 0 Å². The summed E-state index contributed by atoms with van der Waals surface area (Å²) in [6.07, 6.45) is 4.01. The lowest BCUT2D eigenvalue weighted by Gasteiger charge is -2.29. The van der Waals surface area contributed by atoms with Gasteiger partial charge in [0, 0.05) is 25.0 Å². The molecular weight excluding hydrogens is 226 g/mol. The van der Waals surface area contributed by atoms with E-state index in [1.54, 1.807) is 0 Å². The van der Waals surface area contributed by atoms with Gasteiger partial charge in [-0.05, 0) is 38.8 Å². The van der Waals surface area contributed by atoms with E-state index in [9.17, 15) is 4.79 Å². The van der Waals surface area contributed by atoms with Gasteiger partial charge in [0.1, 0.15) is 0 Å². The van der Waals surface area contributed by atoms with Crippen molar-refractivity contribution in [3.05, 3.63) is 0 Å². The second-order valence-corrected chi connectivity index (χ2v) is 5.86. The van der Waals surface area contributed by atoms with E-state index in [1.807, 2.05) is 13.8 Å². The average Bonchev–Trinajstić information content (AvgIpc) is 2.36. The Morgan fingerprint density at radius 3 is 2.39 bits per heavy atom. The molecule has 1 heterocycles. The Morgan fingerprint density at radius 2 is 1.83 bits per heavy atom. The maximum atomic E-state index is 11.8. The van der Waals surface area contributed by atoms with E-state index in [1.165, 1.54) is 32.4 Å². The van der Waals surface area contributed by atoms with Crippen LogP contribution in [0.3, 0.4) is 0 Å². The van der Waals surface area contributed by atoms with Crippen molar-refractivity contribution in [1.82, 2.24) is 10.2 Å². The van der Waals surface area contributed by atoms with Crippen LogP contribution in [0.25, 0.3) is 0 Å². The summed E-state index contributed by atoms with van der Waals surface area (Å²) in [6.45, 7) is 10.2. The number of nitrogens with two attached hydrogens (primary N) is 1. The molecule has 0 aromatic heterocycles. The van der Waals surface area contributed by atoms with Gasteiger partial charge in [0.2, 0.25) is 5.91 Å². The molecule has 0 spiro atoms. The molecule has 3 atom stereocenters. The molecule has 106 valence electrons. The van der Waals surface area contributed by atoms with Crippen molar-refractivity contribution in [1.29, 1.82) is 0 Å². The summed E-state index contributed by atoms with van der Waals surface area (Å²) in [5.41, 5.74) is 5.72. The maximum Gasteiger partial charge on any atom is 0.224 e. The number of carbonyl (C=O) groups excluding carboxylic acids is 1. The van der Waals surface area contributed by atoms with Gasteiger partial charge in [0.15, 0.2) is 0 Å². The molecule has 1 aliphatic rings. The van der Waals surface area contributed by atoms with Crippen LogP contribution in [-0.2, 0) is 4.79 Å². The van der Waals surface area contributed by atoms with E-state index in [-0.39, 0.29) is 17.9 Å². The molecule has 1 rings (SSSR count). The van der Waals surface area contributed by atoms with Gasteiger partial charge in [-0.1, -0.05) is 20.3 Å². The van der Waals surface area contributed by atoms with Gasteiger partial charge in [-0.2, -0.15) is 0 Å². The van der Waals surface area contributed by atoms with Crippen LogP contribution >= 0.6 is 0 Å². The molecule has 4 nitrogen and oxygen atoms in total. The lowest BCUT2D eigenvalue weighted by Crippen LogP contribution is -2.42. The van der Waals surface area contributed by atoms with Crippen molar-refractivity contribution in [3.8, 4) is 0 Å². The van der Waals surface area contributed by atoms with Crippen LogP contribution < -0.4 is 11.1 Å². The molecule has 1 amide bonds. The fraction of sp³-hybridized carbons (Fsp3) is 0.929. The third-order valence-electron chi connectivity index (χ3n) is 3.85. The Balaban J connectivity index is 2.19. The van der Waals surface area contributed by atoms with E-state index in [0.717, 1.165) is 13.1 Å². The van der Waals surface area contributed by atoms with Crippen molar-refractivity contribution in [3.63, 3.8) is 0 Å². The minimum Gasteiger partial charge on any atom is -0.356 e. The molecule has 1 saturated heterocycles. The van der Waals surface area contributed by atoms with Crippen molar-refractivity contribution in [2.24, 2.45) is 17.6 Å². The lowest BCUT2D eigenvalue weighted by atomic mass is 10.0. The zero-order chi connectivity index (χ0) is 13.5. The number of nitrogens with one attached hydrogen (secondary N) is 1. The minimum atomic E-state index is -0.104. The first-order chi connectivity index (χ1) is 8.50. The highest BCUT2D eigenvalue weighted by molar-refractivity contribution is 5.78. The van der Waals surface area contributed by atoms with Crippen LogP contribution in [0.4, 0.5) is 0 Å². The summed E-state index contributed by atoms with van der Waals surface area (Å²) < 4.78 is 0. The fourth-order valence-electron chi connectivity index (χ4n) is 2.32. The Kier molecular flexibility index (Phi) is 6.65. The Morgan fingerprint density at radius 1 is 1.22 bits per heavy atom. The van der Waals surface area contributed by atoms with Crippen molar-refractivity contribution in [2.75, 3.05) is 26.2 Å². The molecule has 18 heavy (non-hydrogen) atoms. The normalized spacial score (nSPS) is 22.2. The van der Waals surface area contributed by atoms with Gasteiger partial charge in [-0.15, -0.1) is 0 Å². The molecule has 1 aliphatic heterocycles. The van der Waals surface area contributed by atoms with Crippen LogP contribution in [0.5, 0.6) is 0 Å². The summed E-state index contributed by atoms with van der Waals surface area (Å²) in [6, 6.07) is -0.0811. The topological polar surface area (TPSA) is 58.4 Å². The first kappa shape index (κ1) is 15.4. The Hall–Kier alpha value is -0.610. The van der Waals surface area contributed by atoms with Crippen LogP contribution in [0.1, 0.15) is 40.0 Å². The number of carbonyl (C=O) groups is 1. The van der Waals surface area contributed by atoms with E-state index < -0.39 is 0 Å². The van der Waals surface area contributed by atoms with E-state index in [0.29, 0.717) is 5.92 Å². The number of hydrogen-bond acceptors (Lipinski definition) is 3. The minimum absolute atomic E-state index is 0.0792.